The number of ether oxygens (including phenoxy) is 1. The summed E-state index contributed by atoms with van der Waals surface area (Å²) >= 11 is 0. The molecular formula is C11H24O. The first-order valence-electron chi connectivity index (χ1n) is 5.25. The van der Waals surface area contributed by atoms with E-state index in [2.05, 4.69) is 11.7 Å². The second-order valence-corrected chi connectivity index (χ2v) is 3.70. The molecule has 0 saturated heterocycles. The maximum atomic E-state index is 4.25. The molecule has 1 aliphatic carbocycles. The normalized spacial score (nSPS) is 17.2. The Labute approximate surface area is 77.5 Å². The summed E-state index contributed by atoms with van der Waals surface area (Å²) in [5.74, 6) is 1.12. The predicted octanol–water partition coefficient (Wildman–Crippen LogP) is 3.63. The van der Waals surface area contributed by atoms with E-state index in [1.54, 1.807) is 14.2 Å². The molecule has 0 unspecified atom stereocenters. The minimum atomic E-state index is 1.12. The lowest BCUT2D eigenvalue weighted by Crippen LogP contribution is -1.91. The van der Waals surface area contributed by atoms with E-state index in [0.717, 1.165) is 5.92 Å². The van der Waals surface area contributed by atoms with E-state index in [4.69, 9.17) is 0 Å². The molecule has 12 heavy (non-hydrogen) atoms. The standard InChI is InChI=1S/C9H18.C2H6O/c1-2-3-6-9-7-4-5-8-9;1-3-2/h9H,2-8H2,1H3;1-2H3. The van der Waals surface area contributed by atoms with Crippen LogP contribution in [0.25, 0.3) is 0 Å². The topological polar surface area (TPSA) is 9.23 Å². The van der Waals surface area contributed by atoms with Gasteiger partial charge in [-0.2, -0.15) is 0 Å². The quantitative estimate of drug-likeness (QED) is 0.631. The lowest BCUT2D eigenvalue weighted by Gasteiger charge is -2.05. The second kappa shape index (κ2) is 9.05. The molecule has 0 aromatic rings. The van der Waals surface area contributed by atoms with Gasteiger partial charge in [0.2, 0.25) is 0 Å². The molecule has 1 nitrogen and oxygen atoms in total. The lowest BCUT2D eigenvalue weighted by atomic mass is 10.0. The molecule has 0 amide bonds. The van der Waals surface area contributed by atoms with Crippen LogP contribution in [0.5, 0.6) is 0 Å². The van der Waals surface area contributed by atoms with E-state index in [1.165, 1.54) is 44.9 Å². The number of hydrogen-bond acceptors (Lipinski definition) is 1. The third-order valence-electron chi connectivity index (χ3n) is 2.44. The van der Waals surface area contributed by atoms with Crippen molar-refractivity contribution in [3.8, 4) is 0 Å². The smallest absolute Gasteiger partial charge is 0.0351 e. The molecule has 0 spiro atoms. The molecule has 1 saturated carbocycles. The summed E-state index contributed by atoms with van der Waals surface area (Å²) in [4.78, 5) is 0. The van der Waals surface area contributed by atoms with Gasteiger partial charge in [0.05, 0.1) is 0 Å². The van der Waals surface area contributed by atoms with Gasteiger partial charge < -0.3 is 4.74 Å². The Balaban J connectivity index is 0.000000354. The molecule has 1 fully saturated rings. The number of unbranched alkanes of at least 4 members (excludes halogenated alkanes) is 1. The van der Waals surface area contributed by atoms with Crippen LogP contribution in [0.1, 0.15) is 51.9 Å². The van der Waals surface area contributed by atoms with E-state index in [0.29, 0.717) is 0 Å². The van der Waals surface area contributed by atoms with Crippen molar-refractivity contribution in [3.63, 3.8) is 0 Å². The van der Waals surface area contributed by atoms with Gasteiger partial charge in [-0.25, -0.2) is 0 Å². The molecule has 1 rings (SSSR count). The lowest BCUT2D eigenvalue weighted by molar-refractivity contribution is 0.277. The van der Waals surface area contributed by atoms with E-state index >= 15 is 0 Å². The molecule has 1 aliphatic rings. The summed E-state index contributed by atoms with van der Waals surface area (Å²) in [6, 6.07) is 0. The van der Waals surface area contributed by atoms with Gasteiger partial charge in [0.1, 0.15) is 0 Å². The Morgan fingerprint density at radius 2 is 1.67 bits per heavy atom. The van der Waals surface area contributed by atoms with Crippen molar-refractivity contribution in [3.05, 3.63) is 0 Å². The van der Waals surface area contributed by atoms with Gasteiger partial charge in [-0.15, -0.1) is 0 Å². The van der Waals surface area contributed by atoms with Crippen LogP contribution in [0, 0.1) is 5.92 Å². The van der Waals surface area contributed by atoms with E-state index in [-0.39, 0.29) is 0 Å². The maximum Gasteiger partial charge on any atom is 0.0351 e. The molecule has 1 heteroatoms. The molecule has 0 atom stereocenters. The van der Waals surface area contributed by atoms with E-state index in [9.17, 15) is 0 Å². The van der Waals surface area contributed by atoms with Gasteiger partial charge >= 0.3 is 0 Å². The van der Waals surface area contributed by atoms with Crippen LogP contribution in [0.3, 0.4) is 0 Å². The van der Waals surface area contributed by atoms with Gasteiger partial charge in [0, 0.05) is 14.2 Å². The van der Waals surface area contributed by atoms with Crippen LogP contribution in [0.2, 0.25) is 0 Å². The SMILES string of the molecule is CCCCC1CCCC1.COC. The largest absolute Gasteiger partial charge is 0.388 e. The van der Waals surface area contributed by atoms with Crippen LogP contribution in [-0.4, -0.2) is 14.2 Å². The maximum absolute atomic E-state index is 4.25. The van der Waals surface area contributed by atoms with Crippen molar-refractivity contribution < 1.29 is 4.74 Å². The zero-order chi connectivity index (χ0) is 9.23. The summed E-state index contributed by atoms with van der Waals surface area (Å²) in [6.45, 7) is 2.29. The van der Waals surface area contributed by atoms with E-state index < -0.39 is 0 Å². The van der Waals surface area contributed by atoms with Crippen molar-refractivity contribution in [2.45, 2.75) is 51.9 Å². The van der Waals surface area contributed by atoms with Crippen LogP contribution >= 0.6 is 0 Å². The van der Waals surface area contributed by atoms with Gasteiger partial charge in [-0.1, -0.05) is 51.9 Å². The molecule has 0 bridgehead atoms. The fraction of sp³-hybridized carbons (Fsp3) is 1.00. The fourth-order valence-corrected chi connectivity index (χ4v) is 1.79. The highest BCUT2D eigenvalue weighted by Gasteiger charge is 2.13. The van der Waals surface area contributed by atoms with Crippen molar-refractivity contribution >= 4 is 0 Å². The first-order chi connectivity index (χ1) is 5.85. The zero-order valence-electron chi connectivity index (χ0n) is 8.94. The van der Waals surface area contributed by atoms with Crippen LogP contribution in [0.4, 0.5) is 0 Å². The summed E-state index contributed by atoms with van der Waals surface area (Å²) in [6.07, 6.45) is 10.4. The monoisotopic (exact) mass is 172 g/mol. The Kier molecular flexibility index (Phi) is 9.02. The molecule has 0 aliphatic heterocycles. The highest BCUT2D eigenvalue weighted by atomic mass is 16.4. The summed E-state index contributed by atoms with van der Waals surface area (Å²) < 4.78 is 4.25. The Hall–Kier alpha value is -0.0400. The first kappa shape index (κ1) is 12.0. The minimum Gasteiger partial charge on any atom is -0.388 e. The van der Waals surface area contributed by atoms with Crippen molar-refractivity contribution in [1.29, 1.82) is 0 Å². The number of rotatable bonds is 3. The third kappa shape index (κ3) is 6.66. The van der Waals surface area contributed by atoms with Gasteiger partial charge in [-0.3, -0.25) is 0 Å². The Morgan fingerprint density at radius 1 is 1.17 bits per heavy atom. The fourth-order valence-electron chi connectivity index (χ4n) is 1.79. The first-order valence-corrected chi connectivity index (χ1v) is 5.25. The molecule has 0 aromatic carbocycles. The summed E-state index contributed by atoms with van der Waals surface area (Å²) in [5.41, 5.74) is 0. The van der Waals surface area contributed by atoms with Crippen molar-refractivity contribution in [2.75, 3.05) is 14.2 Å². The minimum absolute atomic E-state index is 1.12. The van der Waals surface area contributed by atoms with E-state index in [1.807, 2.05) is 0 Å². The molecule has 0 N–H and O–H groups in total. The average Bonchev–Trinajstić information content (AvgIpc) is 2.54. The van der Waals surface area contributed by atoms with Gasteiger partial charge in [-0.05, 0) is 5.92 Å². The molecule has 0 radical (unpaired) electrons. The van der Waals surface area contributed by atoms with Crippen molar-refractivity contribution in [1.82, 2.24) is 0 Å². The van der Waals surface area contributed by atoms with Crippen molar-refractivity contribution in [2.24, 2.45) is 5.92 Å². The van der Waals surface area contributed by atoms with Crippen LogP contribution in [0.15, 0.2) is 0 Å². The second-order valence-electron chi connectivity index (χ2n) is 3.70. The Morgan fingerprint density at radius 3 is 2.08 bits per heavy atom. The average molecular weight is 172 g/mol. The van der Waals surface area contributed by atoms with Gasteiger partial charge in [0.25, 0.3) is 0 Å². The highest BCUT2D eigenvalue weighted by molar-refractivity contribution is 4.66. The summed E-state index contributed by atoms with van der Waals surface area (Å²) in [5, 5.41) is 0. The number of methoxy groups -OCH3 is 1. The third-order valence-corrected chi connectivity index (χ3v) is 2.44. The zero-order valence-corrected chi connectivity index (χ0v) is 8.94. The van der Waals surface area contributed by atoms with Crippen LogP contribution in [-0.2, 0) is 4.74 Å². The molecule has 0 heterocycles. The predicted molar refractivity (Wildman–Crippen MR) is 54.4 cm³/mol. The Bertz CT molecular complexity index is 75.1. The number of hydrogen-bond donors (Lipinski definition) is 0. The van der Waals surface area contributed by atoms with Crippen LogP contribution < -0.4 is 0 Å². The highest BCUT2D eigenvalue weighted by Crippen LogP contribution is 2.28. The molecule has 74 valence electrons. The van der Waals surface area contributed by atoms with Gasteiger partial charge in [0.15, 0.2) is 0 Å². The molecular weight excluding hydrogens is 148 g/mol. The molecule has 0 aromatic heterocycles. The summed E-state index contributed by atoms with van der Waals surface area (Å²) in [7, 11) is 3.25.